The van der Waals surface area contributed by atoms with Gasteiger partial charge in [0.15, 0.2) is 0 Å². The number of carbonyl (C=O) groups excluding carboxylic acids is 1. The molecule has 24 heavy (non-hydrogen) atoms. The first-order valence-corrected chi connectivity index (χ1v) is 9.03. The monoisotopic (exact) mass is 368 g/mol. The number of hydrogen-bond acceptors (Lipinski definition) is 3. The molecular formula is C16H14ClFN2O3S. The van der Waals surface area contributed by atoms with Gasteiger partial charge >= 0.3 is 0 Å². The number of fused-ring (bicyclic) bond motifs is 1. The molecular weight excluding hydrogens is 355 g/mol. The first-order chi connectivity index (χ1) is 11.4. The Hall–Kier alpha value is -2.12. The molecule has 0 saturated carbocycles. The van der Waals surface area contributed by atoms with Gasteiger partial charge in [0.2, 0.25) is 0 Å². The van der Waals surface area contributed by atoms with Gasteiger partial charge in [-0.15, -0.1) is 0 Å². The standard InChI is InChI=1S/C16H14ClFN2O3S/c17-11-2-4-12(5-3-11)20-24(22,23)14-6-1-10-7-13(9-18)19-16(21)15(10)8-14/h1-6,8,13,20H,7,9H2,(H,19,21)/t13-/m0/s1. The Labute approximate surface area is 143 Å². The molecule has 0 saturated heterocycles. The van der Waals surface area contributed by atoms with E-state index in [0.717, 1.165) is 0 Å². The highest BCUT2D eigenvalue weighted by atomic mass is 35.5. The van der Waals surface area contributed by atoms with Gasteiger partial charge in [-0.1, -0.05) is 17.7 Å². The van der Waals surface area contributed by atoms with Crippen LogP contribution in [0.2, 0.25) is 5.02 Å². The Morgan fingerprint density at radius 2 is 1.92 bits per heavy atom. The van der Waals surface area contributed by atoms with Crippen molar-refractivity contribution in [2.45, 2.75) is 17.4 Å². The highest BCUT2D eigenvalue weighted by molar-refractivity contribution is 7.92. The summed E-state index contributed by atoms with van der Waals surface area (Å²) < 4.78 is 40.1. The molecule has 8 heteroatoms. The van der Waals surface area contributed by atoms with E-state index in [-0.39, 0.29) is 10.5 Å². The predicted octanol–water partition coefficient (Wildman–Crippen LogP) is 2.76. The third kappa shape index (κ3) is 3.37. The Bertz CT molecular complexity index is 885. The summed E-state index contributed by atoms with van der Waals surface area (Å²) in [4.78, 5) is 12.0. The maximum absolute atomic E-state index is 12.8. The average Bonchev–Trinajstić information content (AvgIpc) is 2.56. The van der Waals surface area contributed by atoms with Crippen LogP contribution in [-0.4, -0.2) is 27.0 Å². The molecule has 0 aliphatic carbocycles. The van der Waals surface area contributed by atoms with E-state index >= 15 is 0 Å². The zero-order chi connectivity index (χ0) is 17.3. The highest BCUT2D eigenvalue weighted by Gasteiger charge is 2.26. The minimum atomic E-state index is -3.85. The smallest absolute Gasteiger partial charge is 0.261 e. The van der Waals surface area contributed by atoms with Gasteiger partial charge < -0.3 is 5.32 Å². The average molecular weight is 369 g/mol. The van der Waals surface area contributed by atoms with Crippen LogP contribution in [0, 0.1) is 0 Å². The van der Waals surface area contributed by atoms with Crippen molar-refractivity contribution in [2.75, 3.05) is 11.4 Å². The third-order valence-corrected chi connectivity index (χ3v) is 5.35. The Kier molecular flexibility index (Phi) is 4.47. The highest BCUT2D eigenvalue weighted by Crippen LogP contribution is 2.23. The Balaban J connectivity index is 1.91. The second-order valence-corrected chi connectivity index (χ2v) is 7.58. The van der Waals surface area contributed by atoms with Crippen LogP contribution >= 0.6 is 11.6 Å². The van der Waals surface area contributed by atoms with E-state index in [1.807, 2.05) is 0 Å². The van der Waals surface area contributed by atoms with Crippen molar-refractivity contribution in [3.8, 4) is 0 Å². The summed E-state index contributed by atoms with van der Waals surface area (Å²) in [5.41, 5.74) is 1.24. The van der Waals surface area contributed by atoms with Crippen molar-refractivity contribution in [3.63, 3.8) is 0 Å². The fraction of sp³-hybridized carbons (Fsp3) is 0.188. The number of alkyl halides is 1. The number of anilines is 1. The van der Waals surface area contributed by atoms with E-state index in [9.17, 15) is 17.6 Å². The second kappa shape index (κ2) is 6.41. The number of rotatable bonds is 4. The van der Waals surface area contributed by atoms with Gasteiger partial charge in [0, 0.05) is 16.3 Å². The van der Waals surface area contributed by atoms with Crippen LogP contribution in [0.25, 0.3) is 0 Å². The maximum Gasteiger partial charge on any atom is 0.261 e. The van der Waals surface area contributed by atoms with Crippen LogP contribution in [0.4, 0.5) is 10.1 Å². The summed E-state index contributed by atoms with van der Waals surface area (Å²) in [5, 5.41) is 3.00. The van der Waals surface area contributed by atoms with Crippen LogP contribution in [0.3, 0.4) is 0 Å². The molecule has 1 atom stereocenters. The molecule has 5 nitrogen and oxygen atoms in total. The quantitative estimate of drug-likeness (QED) is 0.871. The summed E-state index contributed by atoms with van der Waals surface area (Å²) in [6.07, 6.45) is 0.336. The lowest BCUT2D eigenvalue weighted by Gasteiger charge is -2.23. The van der Waals surface area contributed by atoms with E-state index in [1.54, 1.807) is 18.2 Å². The van der Waals surface area contributed by atoms with Crippen molar-refractivity contribution < 1.29 is 17.6 Å². The molecule has 2 aromatic rings. The van der Waals surface area contributed by atoms with Gasteiger partial charge in [0.05, 0.1) is 10.9 Å². The van der Waals surface area contributed by atoms with E-state index < -0.39 is 28.6 Å². The summed E-state index contributed by atoms with van der Waals surface area (Å²) in [6, 6.07) is 9.90. The van der Waals surface area contributed by atoms with Crippen LogP contribution in [-0.2, 0) is 16.4 Å². The fourth-order valence-corrected chi connectivity index (χ4v) is 3.73. The van der Waals surface area contributed by atoms with Crippen molar-refractivity contribution >= 4 is 33.2 Å². The van der Waals surface area contributed by atoms with Crippen molar-refractivity contribution in [1.82, 2.24) is 5.32 Å². The zero-order valence-electron chi connectivity index (χ0n) is 12.4. The minimum Gasteiger partial charge on any atom is -0.346 e. The molecule has 0 fully saturated rings. The van der Waals surface area contributed by atoms with Crippen LogP contribution < -0.4 is 10.0 Å². The molecule has 2 aromatic carbocycles. The first-order valence-electron chi connectivity index (χ1n) is 7.17. The second-order valence-electron chi connectivity index (χ2n) is 5.46. The Morgan fingerprint density at radius 3 is 2.58 bits per heavy atom. The van der Waals surface area contributed by atoms with Crippen LogP contribution in [0.1, 0.15) is 15.9 Å². The zero-order valence-corrected chi connectivity index (χ0v) is 14.0. The maximum atomic E-state index is 12.8. The lowest BCUT2D eigenvalue weighted by molar-refractivity contribution is 0.0917. The van der Waals surface area contributed by atoms with Gasteiger partial charge in [-0.3, -0.25) is 9.52 Å². The lowest BCUT2D eigenvalue weighted by atomic mass is 9.96. The molecule has 126 valence electrons. The molecule has 0 radical (unpaired) electrons. The number of nitrogens with one attached hydrogen (secondary N) is 2. The fourth-order valence-electron chi connectivity index (χ4n) is 2.52. The number of halogens is 2. The third-order valence-electron chi connectivity index (χ3n) is 3.72. The minimum absolute atomic E-state index is 0.0370. The van der Waals surface area contributed by atoms with Gasteiger partial charge in [0.25, 0.3) is 15.9 Å². The van der Waals surface area contributed by atoms with Gasteiger partial charge in [-0.25, -0.2) is 12.8 Å². The Morgan fingerprint density at radius 1 is 1.21 bits per heavy atom. The summed E-state index contributed by atoms with van der Waals surface area (Å²) in [6.45, 7) is -0.663. The molecule has 1 aliphatic rings. The number of hydrogen-bond donors (Lipinski definition) is 2. The SMILES string of the molecule is O=C1N[C@H](CF)Cc2ccc(S(=O)(=O)Nc3ccc(Cl)cc3)cc21. The van der Waals surface area contributed by atoms with E-state index in [1.165, 1.54) is 24.3 Å². The summed E-state index contributed by atoms with van der Waals surface area (Å²) in [7, 11) is -3.85. The first kappa shape index (κ1) is 16.7. The van der Waals surface area contributed by atoms with Gasteiger partial charge in [-0.2, -0.15) is 0 Å². The molecule has 0 spiro atoms. The molecule has 3 rings (SSSR count). The van der Waals surface area contributed by atoms with E-state index in [4.69, 9.17) is 11.6 Å². The van der Waals surface area contributed by atoms with E-state index in [2.05, 4.69) is 10.0 Å². The summed E-state index contributed by atoms with van der Waals surface area (Å²) >= 11 is 5.77. The lowest BCUT2D eigenvalue weighted by Crippen LogP contribution is -2.42. The van der Waals surface area contributed by atoms with Crippen molar-refractivity contribution in [2.24, 2.45) is 0 Å². The number of carbonyl (C=O) groups is 1. The molecule has 0 aromatic heterocycles. The molecule has 1 aliphatic heterocycles. The van der Waals surface area contributed by atoms with Gasteiger partial charge in [-0.05, 0) is 48.4 Å². The van der Waals surface area contributed by atoms with Crippen LogP contribution in [0.15, 0.2) is 47.4 Å². The van der Waals surface area contributed by atoms with Crippen molar-refractivity contribution in [1.29, 1.82) is 0 Å². The van der Waals surface area contributed by atoms with Gasteiger partial charge in [0.1, 0.15) is 6.67 Å². The molecule has 1 amide bonds. The normalized spacial score (nSPS) is 17.1. The van der Waals surface area contributed by atoms with Crippen molar-refractivity contribution in [3.05, 3.63) is 58.6 Å². The number of sulfonamides is 1. The number of amides is 1. The predicted molar refractivity (Wildman–Crippen MR) is 89.6 cm³/mol. The van der Waals surface area contributed by atoms with Crippen LogP contribution in [0.5, 0.6) is 0 Å². The topological polar surface area (TPSA) is 75.3 Å². The van der Waals surface area contributed by atoms with E-state index in [0.29, 0.717) is 22.7 Å². The molecule has 1 heterocycles. The largest absolute Gasteiger partial charge is 0.346 e. The number of benzene rings is 2. The summed E-state index contributed by atoms with van der Waals surface area (Å²) in [5.74, 6) is -0.470. The molecule has 2 N–H and O–H groups in total. The molecule has 0 bridgehead atoms. The molecule has 0 unspecified atom stereocenters.